The molecule has 1 aromatic carbocycles. The normalized spacial score (nSPS) is 12.6. The summed E-state index contributed by atoms with van der Waals surface area (Å²) in [5.74, 6) is 1.46. The van der Waals surface area contributed by atoms with Gasteiger partial charge in [-0.15, -0.1) is 0 Å². The van der Waals surface area contributed by atoms with E-state index in [1.54, 1.807) is 0 Å². The molecular weight excluding hydrogens is 190 g/mol. The molecule has 0 spiro atoms. The van der Waals surface area contributed by atoms with Gasteiger partial charge in [-0.3, -0.25) is 5.73 Å². The quantitative estimate of drug-likeness (QED) is 0.758. The van der Waals surface area contributed by atoms with Crippen molar-refractivity contribution in [2.45, 2.75) is 39.5 Å². The molecule has 0 aliphatic heterocycles. The molecular formula is C12H19NO2. The molecule has 0 saturated carbocycles. The van der Waals surface area contributed by atoms with Gasteiger partial charge in [0.1, 0.15) is 6.23 Å². The van der Waals surface area contributed by atoms with Crippen LogP contribution in [-0.4, -0.2) is 12.3 Å². The summed E-state index contributed by atoms with van der Waals surface area (Å²) in [5.41, 5.74) is 5.73. The third-order valence-electron chi connectivity index (χ3n) is 1.89. The largest absolute Gasteiger partial charge is 0.487 e. The minimum Gasteiger partial charge on any atom is -0.487 e. The predicted octanol–water partition coefficient (Wildman–Crippen LogP) is 2.55. The Balaban J connectivity index is 2.76. The monoisotopic (exact) mass is 209 g/mol. The van der Waals surface area contributed by atoms with Crippen molar-refractivity contribution in [3.8, 4) is 11.5 Å². The van der Waals surface area contributed by atoms with Crippen molar-refractivity contribution in [1.82, 2.24) is 0 Å². The molecule has 2 N–H and O–H groups in total. The molecule has 0 aromatic heterocycles. The van der Waals surface area contributed by atoms with E-state index in [2.05, 4.69) is 0 Å². The van der Waals surface area contributed by atoms with Crippen molar-refractivity contribution in [3.05, 3.63) is 24.3 Å². The number of benzene rings is 1. The van der Waals surface area contributed by atoms with Gasteiger partial charge in [-0.2, -0.15) is 0 Å². The van der Waals surface area contributed by atoms with Crippen LogP contribution in [0.2, 0.25) is 0 Å². The highest BCUT2D eigenvalue weighted by molar-refractivity contribution is 5.39. The first kappa shape index (κ1) is 11.9. The van der Waals surface area contributed by atoms with E-state index in [4.69, 9.17) is 15.2 Å². The fourth-order valence-corrected chi connectivity index (χ4v) is 1.15. The van der Waals surface area contributed by atoms with Gasteiger partial charge in [0, 0.05) is 0 Å². The summed E-state index contributed by atoms with van der Waals surface area (Å²) in [6.07, 6.45) is 0.630. The topological polar surface area (TPSA) is 44.5 Å². The summed E-state index contributed by atoms with van der Waals surface area (Å²) in [6.45, 7) is 5.95. The first-order valence-electron chi connectivity index (χ1n) is 5.31. The summed E-state index contributed by atoms with van der Waals surface area (Å²) in [5, 5.41) is 0. The zero-order valence-electron chi connectivity index (χ0n) is 9.57. The fraction of sp³-hybridized carbons (Fsp3) is 0.500. The van der Waals surface area contributed by atoms with Gasteiger partial charge in [0.2, 0.25) is 0 Å². The van der Waals surface area contributed by atoms with Gasteiger partial charge in [0.25, 0.3) is 0 Å². The molecule has 0 unspecified atom stereocenters. The van der Waals surface area contributed by atoms with Crippen molar-refractivity contribution < 1.29 is 9.47 Å². The van der Waals surface area contributed by atoms with Crippen LogP contribution in [0.4, 0.5) is 0 Å². The first-order chi connectivity index (χ1) is 7.13. The summed E-state index contributed by atoms with van der Waals surface area (Å²) in [7, 11) is 0. The molecule has 1 aromatic rings. The number of hydrogen-bond acceptors (Lipinski definition) is 3. The van der Waals surface area contributed by atoms with Crippen LogP contribution in [0.3, 0.4) is 0 Å². The Labute approximate surface area is 91.2 Å². The third-order valence-corrected chi connectivity index (χ3v) is 1.89. The number of hydrogen-bond donors (Lipinski definition) is 1. The van der Waals surface area contributed by atoms with E-state index >= 15 is 0 Å². The number of ether oxygens (including phenoxy) is 2. The average molecular weight is 209 g/mol. The van der Waals surface area contributed by atoms with Gasteiger partial charge in [-0.05, 0) is 32.4 Å². The lowest BCUT2D eigenvalue weighted by Crippen LogP contribution is -2.26. The number of para-hydroxylation sites is 2. The predicted molar refractivity (Wildman–Crippen MR) is 61.1 cm³/mol. The Morgan fingerprint density at radius 2 is 1.67 bits per heavy atom. The van der Waals surface area contributed by atoms with Crippen molar-refractivity contribution >= 4 is 0 Å². The first-order valence-corrected chi connectivity index (χ1v) is 5.31. The Morgan fingerprint density at radius 3 is 2.13 bits per heavy atom. The maximum Gasteiger partial charge on any atom is 0.163 e. The second kappa shape index (κ2) is 5.61. The van der Waals surface area contributed by atoms with E-state index in [9.17, 15) is 0 Å². The Hall–Kier alpha value is -1.22. The summed E-state index contributed by atoms with van der Waals surface area (Å²) in [4.78, 5) is 0. The maximum atomic E-state index is 5.73. The van der Waals surface area contributed by atoms with E-state index in [1.165, 1.54) is 0 Å². The molecule has 0 aliphatic rings. The van der Waals surface area contributed by atoms with Gasteiger partial charge in [0.05, 0.1) is 6.10 Å². The maximum absolute atomic E-state index is 5.73. The second-order valence-electron chi connectivity index (χ2n) is 3.68. The van der Waals surface area contributed by atoms with Gasteiger partial charge >= 0.3 is 0 Å². The highest BCUT2D eigenvalue weighted by atomic mass is 16.5. The van der Waals surface area contributed by atoms with E-state index in [0.717, 1.165) is 12.2 Å². The SMILES string of the molecule is CC[C@H](N)Oc1ccccc1OC(C)C. The zero-order chi connectivity index (χ0) is 11.3. The second-order valence-corrected chi connectivity index (χ2v) is 3.68. The average Bonchev–Trinajstić information content (AvgIpc) is 2.20. The molecule has 3 heteroatoms. The summed E-state index contributed by atoms with van der Waals surface area (Å²) >= 11 is 0. The molecule has 0 saturated heterocycles. The van der Waals surface area contributed by atoms with Crippen LogP contribution in [-0.2, 0) is 0 Å². The van der Waals surface area contributed by atoms with Crippen LogP contribution in [0.1, 0.15) is 27.2 Å². The van der Waals surface area contributed by atoms with Crippen molar-refractivity contribution in [2.24, 2.45) is 5.73 Å². The minimum absolute atomic E-state index is 0.132. The summed E-state index contributed by atoms with van der Waals surface area (Å²) in [6, 6.07) is 7.58. The molecule has 15 heavy (non-hydrogen) atoms. The van der Waals surface area contributed by atoms with E-state index in [-0.39, 0.29) is 12.3 Å². The Bertz CT molecular complexity index is 299. The highest BCUT2D eigenvalue weighted by Crippen LogP contribution is 2.28. The highest BCUT2D eigenvalue weighted by Gasteiger charge is 2.08. The minimum atomic E-state index is -0.276. The van der Waals surface area contributed by atoms with Gasteiger partial charge < -0.3 is 9.47 Å². The van der Waals surface area contributed by atoms with Crippen molar-refractivity contribution in [1.29, 1.82) is 0 Å². The molecule has 1 rings (SSSR count). The third kappa shape index (κ3) is 3.80. The smallest absolute Gasteiger partial charge is 0.163 e. The zero-order valence-corrected chi connectivity index (χ0v) is 9.57. The van der Waals surface area contributed by atoms with Crippen molar-refractivity contribution in [2.75, 3.05) is 0 Å². The molecule has 3 nitrogen and oxygen atoms in total. The van der Waals surface area contributed by atoms with Gasteiger partial charge in [0.15, 0.2) is 11.5 Å². The van der Waals surface area contributed by atoms with E-state index in [1.807, 2.05) is 45.0 Å². The number of rotatable bonds is 5. The van der Waals surface area contributed by atoms with Crippen LogP contribution in [0.15, 0.2) is 24.3 Å². The van der Waals surface area contributed by atoms with Crippen LogP contribution < -0.4 is 15.2 Å². The van der Waals surface area contributed by atoms with Crippen LogP contribution >= 0.6 is 0 Å². The molecule has 0 aliphatic carbocycles. The molecule has 0 bridgehead atoms. The van der Waals surface area contributed by atoms with Gasteiger partial charge in [-0.1, -0.05) is 19.1 Å². The lowest BCUT2D eigenvalue weighted by Gasteiger charge is -2.17. The summed E-state index contributed by atoms with van der Waals surface area (Å²) < 4.78 is 11.2. The van der Waals surface area contributed by atoms with Crippen LogP contribution in [0.25, 0.3) is 0 Å². The Kier molecular flexibility index (Phi) is 4.43. The molecule has 84 valence electrons. The molecule has 1 atom stereocenters. The fourth-order valence-electron chi connectivity index (χ4n) is 1.15. The lowest BCUT2D eigenvalue weighted by atomic mass is 10.3. The van der Waals surface area contributed by atoms with E-state index in [0.29, 0.717) is 5.75 Å². The standard InChI is InChI=1S/C12H19NO2/c1-4-12(13)15-11-8-6-5-7-10(11)14-9(2)3/h5-9,12H,4,13H2,1-3H3/t12-/m1/s1. The van der Waals surface area contributed by atoms with Crippen LogP contribution in [0.5, 0.6) is 11.5 Å². The lowest BCUT2D eigenvalue weighted by molar-refractivity contribution is 0.178. The van der Waals surface area contributed by atoms with Crippen LogP contribution in [0, 0.1) is 0 Å². The number of nitrogens with two attached hydrogens (primary N) is 1. The van der Waals surface area contributed by atoms with Crippen molar-refractivity contribution in [3.63, 3.8) is 0 Å². The molecule has 0 radical (unpaired) electrons. The van der Waals surface area contributed by atoms with E-state index < -0.39 is 0 Å². The Morgan fingerprint density at radius 1 is 1.13 bits per heavy atom. The molecule has 0 heterocycles. The molecule has 0 amide bonds. The van der Waals surface area contributed by atoms with Gasteiger partial charge in [-0.25, -0.2) is 0 Å². The molecule has 0 fully saturated rings.